The monoisotopic (exact) mass is 286 g/mol. The molecule has 3 heteroatoms. The standard InChI is InChI=1S/C19H14N2O/c20-19(22)13-10-8-12(9-11-13)14-5-3-6-16-15-4-1-2-7-17(15)21-18(14)16/h1-11,21H,(H2,20,22). The van der Waals surface area contributed by atoms with Crippen molar-refractivity contribution >= 4 is 27.7 Å². The zero-order valence-corrected chi connectivity index (χ0v) is 11.8. The molecule has 0 aliphatic carbocycles. The van der Waals surface area contributed by atoms with Gasteiger partial charge < -0.3 is 10.7 Å². The van der Waals surface area contributed by atoms with E-state index in [1.165, 1.54) is 10.8 Å². The van der Waals surface area contributed by atoms with E-state index in [9.17, 15) is 4.79 Å². The maximum atomic E-state index is 11.2. The zero-order chi connectivity index (χ0) is 15.1. The van der Waals surface area contributed by atoms with Crippen molar-refractivity contribution in [3.8, 4) is 11.1 Å². The van der Waals surface area contributed by atoms with Gasteiger partial charge in [-0.3, -0.25) is 4.79 Å². The van der Waals surface area contributed by atoms with Gasteiger partial charge in [0.1, 0.15) is 0 Å². The number of hydrogen-bond donors (Lipinski definition) is 2. The van der Waals surface area contributed by atoms with Crippen LogP contribution >= 0.6 is 0 Å². The van der Waals surface area contributed by atoms with Crippen molar-refractivity contribution in [2.45, 2.75) is 0 Å². The van der Waals surface area contributed by atoms with Crippen LogP contribution in [0.3, 0.4) is 0 Å². The average Bonchev–Trinajstić information content (AvgIpc) is 2.93. The number of primary amides is 1. The summed E-state index contributed by atoms with van der Waals surface area (Å²) in [6.07, 6.45) is 0. The summed E-state index contributed by atoms with van der Waals surface area (Å²) in [6, 6.07) is 21.9. The van der Waals surface area contributed by atoms with Crippen molar-refractivity contribution in [3.63, 3.8) is 0 Å². The predicted octanol–water partition coefficient (Wildman–Crippen LogP) is 4.09. The van der Waals surface area contributed by atoms with Crippen molar-refractivity contribution in [2.75, 3.05) is 0 Å². The molecule has 1 aromatic heterocycles. The number of nitrogens with one attached hydrogen (secondary N) is 1. The number of carbonyl (C=O) groups excluding carboxylic acids is 1. The van der Waals surface area contributed by atoms with E-state index in [4.69, 9.17) is 5.73 Å². The second-order valence-corrected chi connectivity index (χ2v) is 5.34. The molecule has 0 aliphatic rings. The van der Waals surface area contributed by atoms with Crippen molar-refractivity contribution < 1.29 is 4.79 Å². The van der Waals surface area contributed by atoms with E-state index in [1.807, 2.05) is 24.3 Å². The summed E-state index contributed by atoms with van der Waals surface area (Å²) >= 11 is 0. The molecule has 0 radical (unpaired) electrons. The number of hydrogen-bond acceptors (Lipinski definition) is 1. The molecule has 0 aliphatic heterocycles. The van der Waals surface area contributed by atoms with Crippen LogP contribution in [0.15, 0.2) is 66.7 Å². The van der Waals surface area contributed by atoms with Gasteiger partial charge in [0.2, 0.25) is 5.91 Å². The largest absolute Gasteiger partial charge is 0.366 e. The summed E-state index contributed by atoms with van der Waals surface area (Å²) in [5.41, 5.74) is 10.2. The van der Waals surface area contributed by atoms with E-state index in [0.29, 0.717) is 5.56 Å². The second kappa shape index (κ2) is 4.74. The molecular formula is C19H14N2O. The molecule has 3 N–H and O–H groups in total. The molecule has 0 spiro atoms. The Kier molecular flexibility index (Phi) is 2.73. The van der Waals surface area contributed by atoms with Gasteiger partial charge in [0.15, 0.2) is 0 Å². The van der Waals surface area contributed by atoms with Gasteiger partial charge in [-0.2, -0.15) is 0 Å². The number of rotatable bonds is 2. The Morgan fingerprint density at radius 3 is 2.32 bits per heavy atom. The number of fused-ring (bicyclic) bond motifs is 3. The van der Waals surface area contributed by atoms with Gasteiger partial charge in [0, 0.05) is 27.4 Å². The molecule has 1 amide bonds. The first-order chi connectivity index (χ1) is 10.7. The van der Waals surface area contributed by atoms with Gasteiger partial charge >= 0.3 is 0 Å². The van der Waals surface area contributed by atoms with Crippen molar-refractivity contribution in [2.24, 2.45) is 5.73 Å². The molecule has 4 aromatic rings. The Morgan fingerprint density at radius 2 is 1.55 bits per heavy atom. The third-order valence-corrected chi connectivity index (χ3v) is 4.02. The van der Waals surface area contributed by atoms with Crippen molar-refractivity contribution in [1.29, 1.82) is 0 Å². The van der Waals surface area contributed by atoms with E-state index < -0.39 is 5.91 Å². The Hall–Kier alpha value is -3.07. The average molecular weight is 286 g/mol. The third kappa shape index (κ3) is 1.87. The van der Waals surface area contributed by atoms with Gasteiger partial charge in [-0.15, -0.1) is 0 Å². The van der Waals surface area contributed by atoms with Crippen LogP contribution < -0.4 is 5.73 Å². The number of carbonyl (C=O) groups is 1. The fourth-order valence-corrected chi connectivity index (χ4v) is 2.93. The zero-order valence-electron chi connectivity index (χ0n) is 11.8. The molecular weight excluding hydrogens is 272 g/mol. The Bertz CT molecular complexity index is 997. The van der Waals surface area contributed by atoms with Gasteiger partial charge in [-0.25, -0.2) is 0 Å². The topological polar surface area (TPSA) is 58.9 Å². The third-order valence-electron chi connectivity index (χ3n) is 4.02. The number of nitrogens with two attached hydrogens (primary N) is 1. The first kappa shape index (κ1) is 12.7. The molecule has 3 nitrogen and oxygen atoms in total. The van der Waals surface area contributed by atoms with E-state index >= 15 is 0 Å². The summed E-state index contributed by atoms with van der Waals surface area (Å²) in [5, 5.41) is 2.42. The molecule has 0 bridgehead atoms. The van der Waals surface area contributed by atoms with Gasteiger partial charge in [-0.1, -0.05) is 48.5 Å². The number of aromatic nitrogens is 1. The van der Waals surface area contributed by atoms with Gasteiger partial charge in [0.25, 0.3) is 0 Å². The fraction of sp³-hybridized carbons (Fsp3) is 0. The Labute approximate surface area is 127 Å². The first-order valence-electron chi connectivity index (χ1n) is 7.14. The molecule has 4 rings (SSSR count). The van der Waals surface area contributed by atoms with E-state index in [1.54, 1.807) is 12.1 Å². The normalized spacial score (nSPS) is 11.1. The van der Waals surface area contributed by atoms with E-state index in [0.717, 1.165) is 22.2 Å². The summed E-state index contributed by atoms with van der Waals surface area (Å²) in [7, 11) is 0. The van der Waals surface area contributed by atoms with E-state index in [2.05, 4.69) is 35.3 Å². The highest BCUT2D eigenvalue weighted by molar-refractivity contribution is 6.11. The number of amides is 1. The predicted molar refractivity (Wildman–Crippen MR) is 89.8 cm³/mol. The van der Waals surface area contributed by atoms with Gasteiger partial charge in [-0.05, 0) is 23.8 Å². The van der Waals surface area contributed by atoms with Crippen LogP contribution in [0.2, 0.25) is 0 Å². The summed E-state index contributed by atoms with van der Waals surface area (Å²) in [6.45, 7) is 0. The lowest BCUT2D eigenvalue weighted by atomic mass is 10.0. The lowest BCUT2D eigenvalue weighted by Gasteiger charge is -2.04. The minimum atomic E-state index is -0.407. The van der Waals surface area contributed by atoms with Crippen LogP contribution in [0.5, 0.6) is 0 Å². The lowest BCUT2D eigenvalue weighted by molar-refractivity contribution is 0.100. The molecule has 1 heterocycles. The molecule has 22 heavy (non-hydrogen) atoms. The Balaban J connectivity index is 1.96. The number of para-hydroxylation sites is 2. The van der Waals surface area contributed by atoms with Crippen LogP contribution in [-0.4, -0.2) is 10.9 Å². The quantitative estimate of drug-likeness (QED) is 0.573. The molecule has 0 fully saturated rings. The van der Waals surface area contributed by atoms with E-state index in [-0.39, 0.29) is 0 Å². The number of H-pyrrole nitrogens is 1. The minimum absolute atomic E-state index is 0.407. The fourth-order valence-electron chi connectivity index (χ4n) is 2.93. The second-order valence-electron chi connectivity index (χ2n) is 5.34. The van der Waals surface area contributed by atoms with Crippen molar-refractivity contribution in [1.82, 2.24) is 4.98 Å². The molecule has 3 aromatic carbocycles. The van der Waals surface area contributed by atoms with Gasteiger partial charge in [0.05, 0.1) is 5.52 Å². The SMILES string of the molecule is NC(=O)c1ccc(-c2cccc3c2[nH]c2ccccc23)cc1. The van der Waals surface area contributed by atoms with Crippen LogP contribution in [0.1, 0.15) is 10.4 Å². The molecule has 0 saturated heterocycles. The molecule has 0 unspecified atom stereocenters. The Morgan fingerprint density at radius 1 is 0.818 bits per heavy atom. The minimum Gasteiger partial charge on any atom is -0.366 e. The maximum Gasteiger partial charge on any atom is 0.248 e. The van der Waals surface area contributed by atoms with Crippen LogP contribution in [-0.2, 0) is 0 Å². The molecule has 106 valence electrons. The smallest absolute Gasteiger partial charge is 0.248 e. The maximum absolute atomic E-state index is 11.2. The van der Waals surface area contributed by atoms with Crippen LogP contribution in [0.25, 0.3) is 32.9 Å². The number of aromatic amines is 1. The lowest BCUT2D eigenvalue weighted by Crippen LogP contribution is -2.10. The first-order valence-corrected chi connectivity index (χ1v) is 7.14. The van der Waals surface area contributed by atoms with Crippen LogP contribution in [0, 0.1) is 0 Å². The number of benzene rings is 3. The highest BCUT2D eigenvalue weighted by atomic mass is 16.1. The summed E-state index contributed by atoms with van der Waals surface area (Å²) in [5.74, 6) is -0.407. The summed E-state index contributed by atoms with van der Waals surface area (Å²) < 4.78 is 0. The molecule has 0 atom stereocenters. The van der Waals surface area contributed by atoms with Crippen LogP contribution in [0.4, 0.5) is 0 Å². The highest BCUT2D eigenvalue weighted by Gasteiger charge is 2.09. The van der Waals surface area contributed by atoms with Crippen molar-refractivity contribution in [3.05, 3.63) is 72.3 Å². The molecule has 0 saturated carbocycles. The summed E-state index contributed by atoms with van der Waals surface area (Å²) in [4.78, 5) is 14.7. The highest BCUT2D eigenvalue weighted by Crippen LogP contribution is 2.32.